The van der Waals surface area contributed by atoms with Gasteiger partial charge in [-0.25, -0.2) is 0 Å². The van der Waals surface area contributed by atoms with Crippen molar-refractivity contribution in [1.82, 2.24) is 0 Å². The van der Waals surface area contributed by atoms with Crippen LogP contribution in [0.25, 0.3) is 0 Å². The smallest absolute Gasteiger partial charge is 0.317 e. The molecular formula is C30H56O4Si4. The number of hydrogen-bond acceptors (Lipinski definition) is 4. The summed E-state index contributed by atoms with van der Waals surface area (Å²) in [6, 6.07) is 4.19. The first kappa shape index (κ1) is 30.9. The van der Waals surface area contributed by atoms with Crippen molar-refractivity contribution in [1.29, 1.82) is 0 Å². The van der Waals surface area contributed by atoms with E-state index in [1.807, 2.05) is 0 Å². The lowest BCUT2D eigenvalue weighted by Gasteiger charge is -2.50. The Labute approximate surface area is 238 Å². The summed E-state index contributed by atoms with van der Waals surface area (Å²) in [4.78, 5) is 0. The largest absolute Gasteiger partial charge is 0.416 e. The minimum absolute atomic E-state index is 0.767. The van der Waals surface area contributed by atoms with Crippen LogP contribution in [0.1, 0.15) is 84.0 Å². The van der Waals surface area contributed by atoms with Gasteiger partial charge in [-0.2, -0.15) is 0 Å². The van der Waals surface area contributed by atoms with E-state index in [9.17, 15) is 0 Å². The third-order valence-electron chi connectivity index (χ3n) is 9.52. The normalized spacial score (nSPS) is 42.1. The second-order valence-corrected chi connectivity index (χ2v) is 27.9. The molecule has 5 atom stereocenters. The first-order chi connectivity index (χ1) is 18.1. The van der Waals surface area contributed by atoms with Crippen LogP contribution in [0.5, 0.6) is 0 Å². The van der Waals surface area contributed by atoms with Crippen LogP contribution < -0.4 is 0 Å². The Kier molecular flexibility index (Phi) is 11.2. The summed E-state index contributed by atoms with van der Waals surface area (Å²) in [5.41, 5.74) is 0. The van der Waals surface area contributed by atoms with Crippen molar-refractivity contribution >= 4 is 34.2 Å². The highest BCUT2D eigenvalue weighted by atomic mass is 28.5. The quantitative estimate of drug-likeness (QED) is 0.187. The molecule has 4 aliphatic rings. The van der Waals surface area contributed by atoms with E-state index in [1.165, 1.54) is 77.0 Å². The van der Waals surface area contributed by atoms with Crippen molar-refractivity contribution in [3.05, 3.63) is 36.5 Å². The van der Waals surface area contributed by atoms with Crippen LogP contribution >= 0.6 is 0 Å². The molecule has 0 spiro atoms. The molecule has 1 saturated heterocycles. The minimum atomic E-state index is -2.48. The fourth-order valence-electron chi connectivity index (χ4n) is 7.12. The van der Waals surface area contributed by atoms with Crippen molar-refractivity contribution in [2.45, 2.75) is 134 Å². The van der Waals surface area contributed by atoms with Crippen LogP contribution in [0.15, 0.2) is 36.5 Å². The van der Waals surface area contributed by atoms with Gasteiger partial charge >= 0.3 is 34.2 Å². The maximum atomic E-state index is 7.41. The molecule has 0 radical (unpaired) electrons. The summed E-state index contributed by atoms with van der Waals surface area (Å²) in [6.45, 7) is 11.7. The molecule has 8 heteroatoms. The molecule has 0 aromatic carbocycles. The third-order valence-corrected chi connectivity index (χ3v) is 28.2. The van der Waals surface area contributed by atoms with Crippen molar-refractivity contribution in [3.8, 4) is 0 Å². The van der Waals surface area contributed by atoms with Gasteiger partial charge in [0, 0.05) is 0 Å². The van der Waals surface area contributed by atoms with Crippen LogP contribution in [0.4, 0.5) is 0 Å². The topological polar surface area (TPSA) is 36.9 Å². The molecule has 1 heterocycles. The Morgan fingerprint density at radius 3 is 1.08 bits per heavy atom. The fraction of sp³-hybridized carbons (Fsp3) is 0.800. The van der Waals surface area contributed by atoms with Gasteiger partial charge in [0.25, 0.3) is 0 Å². The molecule has 0 aromatic rings. The average Bonchev–Trinajstić information content (AvgIpc) is 2.91. The van der Waals surface area contributed by atoms with E-state index in [-0.39, 0.29) is 0 Å². The predicted molar refractivity (Wildman–Crippen MR) is 169 cm³/mol. The van der Waals surface area contributed by atoms with Crippen molar-refractivity contribution in [2.75, 3.05) is 0 Å². The van der Waals surface area contributed by atoms with Gasteiger partial charge in [-0.15, -0.1) is 0 Å². The van der Waals surface area contributed by atoms with Gasteiger partial charge in [-0.3, -0.25) is 0 Å². The molecule has 216 valence electrons. The van der Waals surface area contributed by atoms with Crippen LogP contribution in [0.2, 0.25) is 50.4 Å². The lowest BCUT2D eigenvalue weighted by Crippen LogP contribution is -2.67. The van der Waals surface area contributed by atoms with Gasteiger partial charge < -0.3 is 16.5 Å². The number of allylic oxidation sites excluding steroid dienone is 6. The highest BCUT2D eigenvalue weighted by Gasteiger charge is 2.56. The Morgan fingerprint density at radius 1 is 0.500 bits per heavy atom. The summed E-state index contributed by atoms with van der Waals surface area (Å²) in [7, 11) is -9.78. The SMILES string of the molecule is CC[Si]1(C)O[Si](C)(CCC2CC=CCC2)O[Si](C)(CCC2CC=CCC2)O[Si](C)(CCC2CC=CCC2)O1. The van der Waals surface area contributed by atoms with Gasteiger partial charge in [0.05, 0.1) is 0 Å². The summed E-state index contributed by atoms with van der Waals surface area (Å²) in [5.74, 6) is 2.30. The molecule has 1 fully saturated rings. The second-order valence-electron chi connectivity index (χ2n) is 13.4. The molecule has 3 aliphatic carbocycles. The highest BCUT2D eigenvalue weighted by molar-refractivity contribution is 6.93. The molecule has 38 heavy (non-hydrogen) atoms. The standard InChI is InChI=1S/C30H56O4Si4/c1-6-35(2)31-36(3,25-22-28-16-10-7-11-17-28)33-38(5,27-24-30-20-14-9-15-21-30)34-37(4,32-35)26-23-29-18-12-8-13-19-29/h7-10,12,14,28-30H,6,11,13,15-27H2,1-5H3. The van der Waals surface area contributed by atoms with Gasteiger partial charge in [0.2, 0.25) is 0 Å². The number of rotatable bonds is 10. The van der Waals surface area contributed by atoms with Crippen molar-refractivity contribution in [3.63, 3.8) is 0 Å². The van der Waals surface area contributed by atoms with Crippen LogP contribution in [0, 0.1) is 17.8 Å². The van der Waals surface area contributed by atoms with E-state index in [0.29, 0.717) is 0 Å². The van der Waals surface area contributed by atoms with E-state index in [4.69, 9.17) is 16.5 Å². The molecule has 5 unspecified atom stereocenters. The molecule has 0 amide bonds. The van der Waals surface area contributed by atoms with E-state index >= 15 is 0 Å². The number of hydrogen-bond donors (Lipinski definition) is 0. The maximum Gasteiger partial charge on any atom is 0.317 e. The molecule has 4 rings (SSSR count). The molecule has 0 aromatic heterocycles. The Bertz CT molecular complexity index is 802. The van der Waals surface area contributed by atoms with Crippen LogP contribution in [-0.2, 0) is 16.5 Å². The Morgan fingerprint density at radius 2 is 0.816 bits per heavy atom. The van der Waals surface area contributed by atoms with Gasteiger partial charge in [0.1, 0.15) is 0 Å². The van der Waals surface area contributed by atoms with Gasteiger partial charge in [-0.1, -0.05) is 43.4 Å². The monoisotopic (exact) mass is 592 g/mol. The van der Waals surface area contributed by atoms with Crippen LogP contribution in [0.3, 0.4) is 0 Å². The molecule has 0 bridgehead atoms. The molecule has 1 aliphatic heterocycles. The lowest BCUT2D eigenvalue weighted by atomic mass is 9.92. The first-order valence-electron chi connectivity index (χ1n) is 15.9. The fourth-order valence-corrected chi connectivity index (χ4v) is 30.3. The van der Waals surface area contributed by atoms with Gasteiger partial charge in [0.15, 0.2) is 0 Å². The average molecular weight is 593 g/mol. The molecule has 0 saturated carbocycles. The van der Waals surface area contributed by atoms with E-state index in [2.05, 4.69) is 69.6 Å². The zero-order valence-corrected chi connectivity index (χ0v) is 29.1. The summed E-state index contributed by atoms with van der Waals surface area (Å²) >= 11 is 0. The second kappa shape index (κ2) is 13.7. The third kappa shape index (κ3) is 9.23. The first-order valence-corrected chi connectivity index (χ1v) is 26.0. The maximum absolute atomic E-state index is 7.41. The molecule has 4 nitrogen and oxygen atoms in total. The summed E-state index contributed by atoms with van der Waals surface area (Å²) in [6.07, 6.45) is 29.1. The van der Waals surface area contributed by atoms with Crippen molar-refractivity contribution < 1.29 is 16.5 Å². The Hall–Kier alpha value is -0.0725. The van der Waals surface area contributed by atoms with E-state index in [1.54, 1.807) is 0 Å². The lowest BCUT2D eigenvalue weighted by molar-refractivity contribution is 0.216. The molecular weight excluding hydrogens is 537 g/mol. The van der Waals surface area contributed by atoms with E-state index in [0.717, 1.165) is 41.9 Å². The van der Waals surface area contributed by atoms with Gasteiger partial charge in [-0.05, 0) is 145 Å². The molecule has 0 N–H and O–H groups in total. The summed E-state index contributed by atoms with van der Waals surface area (Å²) in [5, 5.41) is 0. The minimum Gasteiger partial charge on any atom is -0.416 e. The predicted octanol–water partition coefficient (Wildman–Crippen LogP) is 9.61. The van der Waals surface area contributed by atoms with Crippen molar-refractivity contribution in [2.24, 2.45) is 17.8 Å². The van der Waals surface area contributed by atoms with E-state index < -0.39 is 34.2 Å². The zero-order chi connectivity index (χ0) is 27.1. The zero-order valence-electron chi connectivity index (χ0n) is 25.1. The Balaban J connectivity index is 1.53. The van der Waals surface area contributed by atoms with Crippen LogP contribution in [-0.4, -0.2) is 34.2 Å². The summed E-state index contributed by atoms with van der Waals surface area (Å²) < 4.78 is 29.3. The highest BCUT2D eigenvalue weighted by Crippen LogP contribution is 2.41.